The minimum absolute atomic E-state index is 0.371. The second kappa shape index (κ2) is 6.34. The van der Waals surface area contributed by atoms with Crippen molar-refractivity contribution in [2.24, 2.45) is 0 Å². The molecule has 2 rings (SSSR count). The minimum Gasteiger partial charge on any atom is -0.384 e. The van der Waals surface area contributed by atoms with Crippen LogP contribution in [-0.4, -0.2) is 23.6 Å². The van der Waals surface area contributed by atoms with Gasteiger partial charge in [-0.3, -0.25) is 0 Å². The Morgan fingerprint density at radius 1 is 1.25 bits per heavy atom. The van der Waals surface area contributed by atoms with Crippen molar-refractivity contribution < 1.29 is 4.74 Å². The van der Waals surface area contributed by atoms with Crippen LogP contribution in [0, 0.1) is 6.92 Å². The normalized spacial score (nSPS) is 10.6. The predicted molar refractivity (Wildman–Crippen MR) is 81.0 cm³/mol. The third-order valence-corrected chi connectivity index (χ3v) is 2.95. The molecule has 0 unspecified atom stereocenters. The van der Waals surface area contributed by atoms with Crippen LogP contribution in [0.15, 0.2) is 30.3 Å². The van der Waals surface area contributed by atoms with E-state index in [1.54, 1.807) is 6.07 Å². The molecule has 20 heavy (non-hydrogen) atoms. The Bertz CT molecular complexity index is 586. The second-order valence-corrected chi connectivity index (χ2v) is 4.60. The lowest BCUT2D eigenvalue weighted by Crippen LogP contribution is -2.14. The maximum Gasteiger partial charge on any atom is 0.158 e. The molecule has 0 atom stereocenters. The zero-order valence-electron chi connectivity index (χ0n) is 12.1. The smallest absolute Gasteiger partial charge is 0.158 e. The number of hydrogen-bond acceptors (Lipinski definition) is 5. The first kappa shape index (κ1) is 14.3. The van der Waals surface area contributed by atoms with Gasteiger partial charge in [0.15, 0.2) is 5.82 Å². The summed E-state index contributed by atoms with van der Waals surface area (Å²) in [5, 5.41) is 0. The minimum atomic E-state index is 0.371. The van der Waals surface area contributed by atoms with Gasteiger partial charge in [0.2, 0.25) is 0 Å². The summed E-state index contributed by atoms with van der Waals surface area (Å²) in [4.78, 5) is 10.7. The summed E-state index contributed by atoms with van der Waals surface area (Å²) in [5.41, 5.74) is 8.10. The molecule has 0 aliphatic heterocycles. The molecule has 2 N–H and O–H groups in total. The topological polar surface area (TPSA) is 64.3 Å². The highest BCUT2D eigenvalue weighted by Gasteiger charge is 2.09. The van der Waals surface area contributed by atoms with E-state index in [1.165, 1.54) is 5.56 Å². The number of aromatic nitrogens is 2. The Balaban J connectivity index is 2.29. The van der Waals surface area contributed by atoms with E-state index in [-0.39, 0.29) is 0 Å². The lowest BCUT2D eigenvalue weighted by molar-refractivity contribution is 0.128. The van der Waals surface area contributed by atoms with Crippen molar-refractivity contribution >= 4 is 17.3 Å². The van der Waals surface area contributed by atoms with Crippen molar-refractivity contribution in [3.8, 4) is 0 Å². The fourth-order valence-corrected chi connectivity index (χ4v) is 1.90. The van der Waals surface area contributed by atoms with Crippen molar-refractivity contribution in [1.82, 2.24) is 9.97 Å². The number of nitrogen functional groups attached to an aromatic ring is 1. The van der Waals surface area contributed by atoms with E-state index in [4.69, 9.17) is 10.5 Å². The van der Waals surface area contributed by atoms with Gasteiger partial charge >= 0.3 is 0 Å². The van der Waals surface area contributed by atoms with Gasteiger partial charge in [-0.2, -0.15) is 0 Å². The molecule has 0 radical (unpaired) electrons. The number of hydrogen-bond donors (Lipinski definition) is 1. The third kappa shape index (κ3) is 3.45. The van der Waals surface area contributed by atoms with Crippen LogP contribution in [0.1, 0.15) is 18.3 Å². The molecule has 2 aromatic rings. The van der Waals surface area contributed by atoms with Crippen LogP contribution in [0.4, 0.5) is 17.3 Å². The number of ether oxygens (including phenoxy) is 1. The van der Waals surface area contributed by atoms with E-state index >= 15 is 0 Å². The van der Waals surface area contributed by atoms with Crippen LogP contribution < -0.4 is 10.6 Å². The van der Waals surface area contributed by atoms with E-state index in [2.05, 4.69) is 29.0 Å². The summed E-state index contributed by atoms with van der Waals surface area (Å²) < 4.78 is 5.34. The molecule has 0 fully saturated rings. The van der Waals surface area contributed by atoms with Crippen molar-refractivity contribution in [2.75, 3.05) is 24.3 Å². The fourth-order valence-electron chi connectivity index (χ4n) is 1.90. The molecule has 106 valence electrons. The third-order valence-electron chi connectivity index (χ3n) is 2.95. The highest BCUT2D eigenvalue weighted by atomic mass is 16.5. The van der Waals surface area contributed by atoms with E-state index < -0.39 is 0 Å². The first-order chi connectivity index (χ1) is 9.60. The maximum atomic E-state index is 5.84. The van der Waals surface area contributed by atoms with E-state index in [9.17, 15) is 0 Å². The van der Waals surface area contributed by atoms with Crippen LogP contribution >= 0.6 is 0 Å². The van der Waals surface area contributed by atoms with Gasteiger partial charge in [0.1, 0.15) is 18.2 Å². The molecule has 0 aliphatic rings. The molecule has 0 saturated heterocycles. The molecule has 1 heterocycles. The van der Waals surface area contributed by atoms with Gasteiger partial charge < -0.3 is 15.4 Å². The zero-order valence-corrected chi connectivity index (χ0v) is 12.1. The maximum absolute atomic E-state index is 5.84. The van der Waals surface area contributed by atoms with Gasteiger partial charge in [0, 0.05) is 25.4 Å². The second-order valence-electron chi connectivity index (χ2n) is 4.60. The predicted octanol–water partition coefficient (Wildman–Crippen LogP) is 2.67. The van der Waals surface area contributed by atoms with Crippen molar-refractivity contribution in [1.29, 1.82) is 0 Å². The molecule has 5 heteroatoms. The summed E-state index contributed by atoms with van der Waals surface area (Å²) >= 11 is 0. The molecular weight excluding hydrogens is 252 g/mol. The highest BCUT2D eigenvalue weighted by Crippen LogP contribution is 2.23. The van der Waals surface area contributed by atoms with Crippen molar-refractivity contribution in [3.05, 3.63) is 41.7 Å². The Morgan fingerprint density at radius 3 is 2.75 bits per heavy atom. The van der Waals surface area contributed by atoms with Gasteiger partial charge in [0.05, 0.1) is 0 Å². The monoisotopic (exact) mass is 272 g/mol. The number of nitrogens with zero attached hydrogens (tertiary/aromatic N) is 3. The Kier molecular flexibility index (Phi) is 4.53. The Morgan fingerprint density at radius 2 is 2.05 bits per heavy atom. The average Bonchev–Trinajstić information content (AvgIpc) is 2.43. The number of benzene rings is 1. The molecule has 0 aliphatic carbocycles. The summed E-state index contributed by atoms with van der Waals surface area (Å²) in [6, 6.07) is 9.98. The van der Waals surface area contributed by atoms with Crippen LogP contribution in [-0.2, 0) is 11.3 Å². The summed E-state index contributed by atoms with van der Waals surface area (Å²) in [6.45, 7) is 5.00. The van der Waals surface area contributed by atoms with Gasteiger partial charge in [0.25, 0.3) is 0 Å². The average molecular weight is 272 g/mol. The first-order valence-electron chi connectivity index (χ1n) is 6.61. The van der Waals surface area contributed by atoms with Crippen LogP contribution in [0.5, 0.6) is 0 Å². The number of anilines is 3. The van der Waals surface area contributed by atoms with E-state index in [1.807, 2.05) is 31.0 Å². The number of rotatable bonds is 5. The number of aryl methyl sites for hydroxylation is 1. The summed E-state index contributed by atoms with van der Waals surface area (Å²) in [5.74, 6) is 1.81. The largest absolute Gasteiger partial charge is 0.384 e. The van der Waals surface area contributed by atoms with Crippen molar-refractivity contribution in [3.63, 3.8) is 0 Å². The lowest BCUT2D eigenvalue weighted by Gasteiger charge is -2.19. The fraction of sp³-hybridized carbons (Fsp3) is 0.333. The summed E-state index contributed by atoms with van der Waals surface area (Å²) in [6.07, 6.45) is 0. The van der Waals surface area contributed by atoms with Crippen LogP contribution in [0.2, 0.25) is 0 Å². The van der Waals surface area contributed by atoms with Crippen LogP contribution in [0.3, 0.4) is 0 Å². The van der Waals surface area contributed by atoms with E-state index in [0.29, 0.717) is 24.9 Å². The molecule has 1 aromatic heterocycles. The molecule has 1 aromatic carbocycles. The lowest BCUT2D eigenvalue weighted by atomic mass is 10.2. The standard InChI is InChI=1S/C15H20N4O/c1-4-20-10-14-17-13(16)9-15(18-14)19(3)12-7-5-6-11(2)8-12/h5-9H,4,10H2,1-3H3,(H2,16,17,18). The Labute approximate surface area is 119 Å². The SMILES string of the molecule is CCOCc1nc(N)cc(N(C)c2cccc(C)c2)n1. The quantitative estimate of drug-likeness (QED) is 0.906. The molecule has 0 spiro atoms. The van der Waals surface area contributed by atoms with Gasteiger partial charge in [-0.1, -0.05) is 12.1 Å². The van der Waals surface area contributed by atoms with E-state index in [0.717, 1.165) is 11.5 Å². The molecule has 5 nitrogen and oxygen atoms in total. The first-order valence-corrected chi connectivity index (χ1v) is 6.61. The zero-order chi connectivity index (χ0) is 14.5. The molecule has 0 bridgehead atoms. The highest BCUT2D eigenvalue weighted by molar-refractivity contribution is 5.61. The molecule has 0 saturated carbocycles. The molecular formula is C15H20N4O. The van der Waals surface area contributed by atoms with Gasteiger partial charge in [-0.15, -0.1) is 0 Å². The van der Waals surface area contributed by atoms with Gasteiger partial charge in [-0.25, -0.2) is 9.97 Å². The van der Waals surface area contributed by atoms with Gasteiger partial charge in [-0.05, 0) is 31.5 Å². The summed E-state index contributed by atoms with van der Waals surface area (Å²) in [7, 11) is 1.96. The number of nitrogens with two attached hydrogens (primary N) is 1. The Hall–Kier alpha value is -2.14. The molecule has 0 amide bonds. The van der Waals surface area contributed by atoms with Crippen molar-refractivity contribution in [2.45, 2.75) is 20.5 Å². The van der Waals surface area contributed by atoms with Crippen LogP contribution in [0.25, 0.3) is 0 Å².